The van der Waals surface area contributed by atoms with Crippen molar-refractivity contribution in [3.63, 3.8) is 0 Å². The molecule has 0 aromatic rings. The lowest BCUT2D eigenvalue weighted by molar-refractivity contribution is -0.192. The van der Waals surface area contributed by atoms with Gasteiger partial charge in [0.1, 0.15) is 0 Å². The highest BCUT2D eigenvalue weighted by Gasteiger charge is 2.38. The van der Waals surface area contributed by atoms with Crippen molar-refractivity contribution in [2.24, 2.45) is 0 Å². The van der Waals surface area contributed by atoms with Crippen LogP contribution in [0, 0.1) is 0 Å². The molecule has 1 heterocycles. The van der Waals surface area contributed by atoms with Gasteiger partial charge in [0.05, 0.1) is 6.08 Å². The Balaban J connectivity index is 0.000000265. The van der Waals surface area contributed by atoms with Crippen LogP contribution in [0.3, 0.4) is 0 Å². The Hall–Kier alpha value is -2.06. The van der Waals surface area contributed by atoms with Crippen molar-refractivity contribution < 1.29 is 37.8 Å². The molecule has 1 aliphatic heterocycles. The van der Waals surface area contributed by atoms with Crippen molar-refractivity contribution in [2.75, 3.05) is 0 Å². The maximum Gasteiger partial charge on any atom is 0.490 e. The van der Waals surface area contributed by atoms with E-state index in [-0.39, 0.29) is 0 Å². The van der Waals surface area contributed by atoms with Crippen LogP contribution in [0.15, 0.2) is 11.8 Å². The largest absolute Gasteiger partial charge is 0.503 e. The highest BCUT2D eigenvalue weighted by Crippen LogP contribution is 2.13. The topological polar surface area (TPSA) is 104 Å². The van der Waals surface area contributed by atoms with E-state index >= 15 is 0 Å². The Labute approximate surface area is 80.0 Å². The van der Waals surface area contributed by atoms with E-state index in [0.29, 0.717) is 0 Å². The minimum Gasteiger partial charge on any atom is -0.503 e. The van der Waals surface area contributed by atoms with Crippen LogP contribution in [0.4, 0.5) is 13.2 Å². The molecule has 3 N–H and O–H groups in total. The van der Waals surface area contributed by atoms with E-state index in [4.69, 9.17) is 15.0 Å². The summed E-state index contributed by atoms with van der Waals surface area (Å²) in [5.74, 6) is -4.56. The number of hydrogen-bond acceptors (Lipinski definition) is 4. The van der Waals surface area contributed by atoms with Gasteiger partial charge in [0.15, 0.2) is 5.76 Å². The fourth-order valence-electron chi connectivity index (χ4n) is 0.402. The zero-order chi connectivity index (χ0) is 12.2. The van der Waals surface area contributed by atoms with Crippen LogP contribution < -0.4 is 5.32 Å². The predicted octanol–water partition coefficient (Wildman–Crippen LogP) is -0.282. The summed E-state index contributed by atoms with van der Waals surface area (Å²) < 4.78 is 31.7. The Bertz CT molecular complexity index is 332. The molecule has 0 aromatic heterocycles. The van der Waals surface area contributed by atoms with Gasteiger partial charge in [-0.25, -0.2) is 4.79 Å². The lowest BCUT2D eigenvalue weighted by Gasteiger charge is -1.93. The zero-order valence-electron chi connectivity index (χ0n) is 6.83. The summed E-state index contributed by atoms with van der Waals surface area (Å²) in [6.07, 6.45) is -4.25. The number of amides is 2. The van der Waals surface area contributed by atoms with Crippen molar-refractivity contribution >= 4 is 17.8 Å². The van der Waals surface area contributed by atoms with Gasteiger partial charge in [0.2, 0.25) is 0 Å². The molecule has 2 amide bonds. The van der Waals surface area contributed by atoms with Crippen LogP contribution in [0.1, 0.15) is 0 Å². The standard InChI is InChI=1S/C4H3NO3.C2HF3O2/c6-2-1-3(7)5-4(2)8;3-2(4,5)1(6)7/h1H,(H2,5,6,7,8);(H,6,7). The maximum atomic E-state index is 10.6. The highest BCUT2D eigenvalue weighted by molar-refractivity contribution is 6.14. The van der Waals surface area contributed by atoms with E-state index in [2.05, 4.69) is 0 Å². The number of aliphatic hydroxyl groups is 1. The second-order valence-electron chi connectivity index (χ2n) is 2.15. The quantitative estimate of drug-likeness (QED) is 0.493. The number of hydrogen-bond donors (Lipinski definition) is 3. The van der Waals surface area contributed by atoms with E-state index in [1.165, 1.54) is 0 Å². The zero-order valence-corrected chi connectivity index (χ0v) is 6.83. The van der Waals surface area contributed by atoms with Gasteiger partial charge in [-0.15, -0.1) is 0 Å². The molecule has 9 heteroatoms. The fraction of sp³-hybridized carbons (Fsp3) is 0.167. The molecule has 1 rings (SSSR count). The number of aliphatic hydroxyl groups excluding tert-OH is 1. The number of carbonyl (C=O) groups is 3. The number of carboxylic acid groups (broad SMARTS) is 1. The molecule has 0 saturated carbocycles. The van der Waals surface area contributed by atoms with Gasteiger partial charge in [-0.05, 0) is 0 Å². The third-order valence-electron chi connectivity index (χ3n) is 0.980. The van der Waals surface area contributed by atoms with Crippen molar-refractivity contribution in [1.82, 2.24) is 5.32 Å². The molecule has 0 aliphatic carbocycles. The molecule has 84 valence electrons. The normalized spacial score (nSPS) is 15.0. The van der Waals surface area contributed by atoms with Crippen LogP contribution >= 0.6 is 0 Å². The molecule has 0 aromatic carbocycles. The van der Waals surface area contributed by atoms with Crippen LogP contribution in [-0.2, 0) is 14.4 Å². The van der Waals surface area contributed by atoms with E-state index in [9.17, 15) is 22.8 Å². The monoisotopic (exact) mass is 227 g/mol. The smallest absolute Gasteiger partial charge is 0.490 e. The van der Waals surface area contributed by atoms with E-state index < -0.39 is 29.7 Å². The first-order valence-corrected chi connectivity index (χ1v) is 3.20. The van der Waals surface area contributed by atoms with Gasteiger partial charge in [-0.3, -0.25) is 14.9 Å². The molecule has 6 nitrogen and oxygen atoms in total. The lowest BCUT2D eigenvalue weighted by Crippen LogP contribution is -2.21. The molecule has 0 atom stereocenters. The number of nitrogens with one attached hydrogen (secondary N) is 1. The van der Waals surface area contributed by atoms with E-state index in [0.717, 1.165) is 6.08 Å². The molecule has 0 fully saturated rings. The molecule has 1 aliphatic rings. The first-order chi connectivity index (χ1) is 6.64. The minimum absolute atomic E-state index is 0.519. The number of carboxylic acids is 1. The van der Waals surface area contributed by atoms with Gasteiger partial charge in [0.25, 0.3) is 11.8 Å². The maximum absolute atomic E-state index is 10.6. The second-order valence-corrected chi connectivity index (χ2v) is 2.15. The van der Waals surface area contributed by atoms with Crippen molar-refractivity contribution in [3.8, 4) is 0 Å². The van der Waals surface area contributed by atoms with E-state index in [1.54, 1.807) is 0 Å². The average Bonchev–Trinajstić information content (AvgIpc) is 2.28. The van der Waals surface area contributed by atoms with Gasteiger partial charge < -0.3 is 10.2 Å². The molecular weight excluding hydrogens is 223 g/mol. The van der Waals surface area contributed by atoms with Crippen LogP contribution in [-0.4, -0.2) is 34.2 Å². The number of carbonyl (C=O) groups excluding carboxylic acids is 2. The summed E-state index contributed by atoms with van der Waals surface area (Å²) in [6, 6.07) is 0. The van der Waals surface area contributed by atoms with Gasteiger partial charge in [-0.2, -0.15) is 13.2 Å². The molecule has 15 heavy (non-hydrogen) atoms. The van der Waals surface area contributed by atoms with Crippen LogP contribution in [0.5, 0.6) is 0 Å². The Morgan fingerprint density at radius 3 is 1.80 bits per heavy atom. The average molecular weight is 227 g/mol. The Kier molecular flexibility index (Phi) is 3.83. The van der Waals surface area contributed by atoms with Crippen molar-refractivity contribution in [1.29, 1.82) is 0 Å². The lowest BCUT2D eigenvalue weighted by atomic mass is 10.5. The number of halogens is 3. The molecule has 0 radical (unpaired) electrons. The molecule has 0 spiro atoms. The summed E-state index contributed by atoms with van der Waals surface area (Å²) >= 11 is 0. The SMILES string of the molecule is O=C(O)C(F)(F)F.O=C1C=C(O)C(=O)N1. The first-order valence-electron chi connectivity index (χ1n) is 3.20. The number of alkyl halides is 3. The van der Waals surface area contributed by atoms with Gasteiger partial charge in [0, 0.05) is 0 Å². The second kappa shape index (κ2) is 4.44. The van der Waals surface area contributed by atoms with Crippen molar-refractivity contribution in [3.05, 3.63) is 11.8 Å². The van der Waals surface area contributed by atoms with E-state index in [1.807, 2.05) is 5.32 Å². The fourth-order valence-corrected chi connectivity index (χ4v) is 0.402. The molecule has 0 bridgehead atoms. The third-order valence-corrected chi connectivity index (χ3v) is 0.980. The van der Waals surface area contributed by atoms with Gasteiger partial charge in [-0.1, -0.05) is 0 Å². The molecule has 0 unspecified atom stereocenters. The van der Waals surface area contributed by atoms with Gasteiger partial charge >= 0.3 is 12.1 Å². The van der Waals surface area contributed by atoms with Crippen molar-refractivity contribution in [2.45, 2.75) is 6.18 Å². The number of imide groups is 1. The predicted molar refractivity (Wildman–Crippen MR) is 37.6 cm³/mol. The summed E-state index contributed by atoms with van der Waals surface area (Å²) in [6.45, 7) is 0. The minimum atomic E-state index is -5.08. The molecule has 0 saturated heterocycles. The molecular formula is C6H4F3NO5. The van der Waals surface area contributed by atoms with Crippen LogP contribution in [0.2, 0.25) is 0 Å². The summed E-state index contributed by atoms with van der Waals surface area (Å²) in [7, 11) is 0. The number of aliphatic carboxylic acids is 1. The summed E-state index contributed by atoms with van der Waals surface area (Å²) in [5, 5.41) is 17.4. The number of rotatable bonds is 0. The van der Waals surface area contributed by atoms with Crippen LogP contribution in [0.25, 0.3) is 0 Å². The Morgan fingerprint density at radius 2 is 1.73 bits per heavy atom. The third kappa shape index (κ3) is 4.64. The summed E-state index contributed by atoms with van der Waals surface area (Å²) in [5.41, 5.74) is 0. The first kappa shape index (κ1) is 12.9. The summed E-state index contributed by atoms with van der Waals surface area (Å²) in [4.78, 5) is 29.1. The highest BCUT2D eigenvalue weighted by atomic mass is 19.4. The Morgan fingerprint density at radius 1 is 1.33 bits per heavy atom.